The van der Waals surface area contributed by atoms with Crippen molar-refractivity contribution in [1.29, 1.82) is 0 Å². The maximum atomic E-state index is 5.46. The average Bonchev–Trinajstić information content (AvgIpc) is 2.85. The van der Waals surface area contributed by atoms with E-state index in [1.54, 1.807) is 0 Å². The molecule has 1 aliphatic rings. The summed E-state index contributed by atoms with van der Waals surface area (Å²) in [4.78, 5) is 0. The number of nitrogens with one attached hydrogen (secondary N) is 1. The largest absolute Gasteiger partial charge is 0.454 e. The lowest BCUT2D eigenvalue weighted by atomic mass is 10.1. The van der Waals surface area contributed by atoms with Crippen LogP contribution >= 0.6 is 11.8 Å². The SMILES string of the molecule is CCCNC(CSC(C)C)c1ccc2c(c1)OCO2. The van der Waals surface area contributed by atoms with E-state index >= 15 is 0 Å². The van der Waals surface area contributed by atoms with E-state index in [0.717, 1.165) is 30.2 Å². The highest BCUT2D eigenvalue weighted by molar-refractivity contribution is 7.99. The molecule has 0 fully saturated rings. The van der Waals surface area contributed by atoms with Crippen LogP contribution in [-0.4, -0.2) is 24.3 Å². The van der Waals surface area contributed by atoms with E-state index in [0.29, 0.717) is 18.1 Å². The highest BCUT2D eigenvalue weighted by atomic mass is 32.2. The highest BCUT2D eigenvalue weighted by Crippen LogP contribution is 2.35. The molecule has 0 amide bonds. The molecule has 4 heteroatoms. The molecule has 0 spiro atoms. The van der Waals surface area contributed by atoms with Gasteiger partial charge in [-0.3, -0.25) is 0 Å². The zero-order chi connectivity index (χ0) is 13.7. The fourth-order valence-electron chi connectivity index (χ4n) is 2.01. The summed E-state index contributed by atoms with van der Waals surface area (Å²) < 4.78 is 10.8. The van der Waals surface area contributed by atoms with E-state index in [-0.39, 0.29) is 0 Å². The van der Waals surface area contributed by atoms with Gasteiger partial charge in [0.1, 0.15) is 0 Å². The van der Waals surface area contributed by atoms with Crippen molar-refractivity contribution < 1.29 is 9.47 Å². The molecule has 1 aromatic carbocycles. The molecule has 106 valence electrons. The van der Waals surface area contributed by atoms with Gasteiger partial charge in [-0.05, 0) is 35.9 Å². The molecule has 0 radical (unpaired) electrons. The zero-order valence-electron chi connectivity index (χ0n) is 11.9. The van der Waals surface area contributed by atoms with Crippen LogP contribution in [-0.2, 0) is 0 Å². The maximum absolute atomic E-state index is 5.46. The second-order valence-electron chi connectivity index (χ2n) is 5.00. The molecule has 0 aliphatic carbocycles. The fourth-order valence-corrected chi connectivity index (χ4v) is 2.90. The minimum Gasteiger partial charge on any atom is -0.454 e. The van der Waals surface area contributed by atoms with Crippen molar-refractivity contribution in [2.24, 2.45) is 0 Å². The molecule has 1 unspecified atom stereocenters. The second-order valence-corrected chi connectivity index (χ2v) is 6.61. The maximum Gasteiger partial charge on any atom is 0.231 e. The standard InChI is InChI=1S/C15H23NO2S/c1-4-7-16-13(9-19-11(2)3)12-5-6-14-15(8-12)18-10-17-14/h5-6,8,11,13,16H,4,7,9-10H2,1-3H3. The van der Waals surface area contributed by atoms with Crippen LogP contribution in [0.3, 0.4) is 0 Å². The van der Waals surface area contributed by atoms with Crippen molar-refractivity contribution in [2.45, 2.75) is 38.5 Å². The van der Waals surface area contributed by atoms with Crippen LogP contribution < -0.4 is 14.8 Å². The second kappa shape index (κ2) is 7.06. The lowest BCUT2D eigenvalue weighted by molar-refractivity contribution is 0.174. The topological polar surface area (TPSA) is 30.5 Å². The molecule has 1 atom stereocenters. The van der Waals surface area contributed by atoms with Crippen LogP contribution in [0.2, 0.25) is 0 Å². The smallest absolute Gasteiger partial charge is 0.231 e. The minimum atomic E-state index is 0.340. The predicted octanol–water partition coefficient (Wildman–Crippen LogP) is 3.60. The first-order chi connectivity index (χ1) is 9.20. The Morgan fingerprint density at radius 2 is 2.05 bits per heavy atom. The molecule has 0 aromatic heterocycles. The summed E-state index contributed by atoms with van der Waals surface area (Å²) >= 11 is 1.98. The van der Waals surface area contributed by atoms with Gasteiger partial charge >= 0.3 is 0 Å². The van der Waals surface area contributed by atoms with Crippen LogP contribution in [0, 0.1) is 0 Å². The number of fused-ring (bicyclic) bond motifs is 1. The number of rotatable bonds is 7. The number of benzene rings is 1. The molecule has 1 aromatic rings. The molecule has 0 saturated heterocycles. The Balaban J connectivity index is 2.07. The summed E-state index contributed by atoms with van der Waals surface area (Å²) in [5, 5.41) is 4.27. The van der Waals surface area contributed by atoms with Crippen LogP contribution in [0.4, 0.5) is 0 Å². The van der Waals surface area contributed by atoms with Crippen LogP contribution in [0.25, 0.3) is 0 Å². The Labute approximate surface area is 120 Å². The van der Waals surface area contributed by atoms with Gasteiger partial charge in [-0.25, -0.2) is 0 Å². The summed E-state index contributed by atoms with van der Waals surface area (Å²) in [7, 11) is 0. The van der Waals surface area contributed by atoms with Gasteiger partial charge in [-0.2, -0.15) is 11.8 Å². The van der Waals surface area contributed by atoms with E-state index in [1.807, 2.05) is 17.8 Å². The van der Waals surface area contributed by atoms with Crippen molar-refractivity contribution in [3.05, 3.63) is 23.8 Å². The lowest BCUT2D eigenvalue weighted by Gasteiger charge is -2.20. The molecule has 1 aliphatic heterocycles. The quantitative estimate of drug-likeness (QED) is 0.827. The van der Waals surface area contributed by atoms with Crippen LogP contribution in [0.1, 0.15) is 38.8 Å². The Morgan fingerprint density at radius 1 is 1.26 bits per heavy atom. The molecule has 19 heavy (non-hydrogen) atoms. The molecule has 0 bridgehead atoms. The van der Waals surface area contributed by atoms with E-state index in [1.165, 1.54) is 5.56 Å². The van der Waals surface area contributed by atoms with Crippen molar-refractivity contribution in [2.75, 3.05) is 19.1 Å². The molecular formula is C15H23NO2S. The third-order valence-electron chi connectivity index (χ3n) is 3.04. The van der Waals surface area contributed by atoms with Gasteiger partial charge in [0.05, 0.1) is 0 Å². The monoisotopic (exact) mass is 281 g/mol. The Morgan fingerprint density at radius 3 is 2.79 bits per heavy atom. The van der Waals surface area contributed by atoms with Gasteiger partial charge in [0.2, 0.25) is 6.79 Å². The zero-order valence-corrected chi connectivity index (χ0v) is 12.8. The van der Waals surface area contributed by atoms with Crippen molar-refractivity contribution in [3.8, 4) is 11.5 Å². The van der Waals surface area contributed by atoms with Gasteiger partial charge < -0.3 is 14.8 Å². The van der Waals surface area contributed by atoms with E-state index in [2.05, 4.69) is 38.2 Å². The first kappa shape index (κ1) is 14.5. The van der Waals surface area contributed by atoms with Crippen molar-refractivity contribution in [1.82, 2.24) is 5.32 Å². The average molecular weight is 281 g/mol. The minimum absolute atomic E-state index is 0.340. The third kappa shape index (κ3) is 4.05. The Bertz CT molecular complexity index is 409. The number of thioether (sulfide) groups is 1. The first-order valence-corrected chi connectivity index (χ1v) is 8.00. The predicted molar refractivity (Wildman–Crippen MR) is 81.2 cm³/mol. The fraction of sp³-hybridized carbons (Fsp3) is 0.600. The normalized spacial score (nSPS) is 14.9. The molecule has 1 N–H and O–H groups in total. The molecule has 3 nitrogen and oxygen atoms in total. The third-order valence-corrected chi connectivity index (χ3v) is 4.23. The Kier molecular flexibility index (Phi) is 5.40. The van der Waals surface area contributed by atoms with Gasteiger partial charge in [0.15, 0.2) is 11.5 Å². The van der Waals surface area contributed by atoms with Crippen molar-refractivity contribution >= 4 is 11.8 Å². The van der Waals surface area contributed by atoms with Gasteiger partial charge in [0, 0.05) is 11.8 Å². The first-order valence-electron chi connectivity index (χ1n) is 6.95. The summed E-state index contributed by atoms with van der Waals surface area (Å²) in [5.74, 6) is 2.81. The summed E-state index contributed by atoms with van der Waals surface area (Å²) in [6.07, 6.45) is 1.15. The summed E-state index contributed by atoms with van der Waals surface area (Å²) in [6, 6.07) is 6.64. The van der Waals surface area contributed by atoms with Gasteiger partial charge in [0.25, 0.3) is 0 Å². The molecule has 1 heterocycles. The Hall–Kier alpha value is -0.870. The number of ether oxygens (including phenoxy) is 2. The molecular weight excluding hydrogens is 258 g/mol. The summed E-state index contributed by atoms with van der Waals surface area (Å²) in [6.45, 7) is 8.05. The van der Waals surface area contributed by atoms with Gasteiger partial charge in [-0.15, -0.1) is 0 Å². The van der Waals surface area contributed by atoms with Crippen molar-refractivity contribution in [3.63, 3.8) is 0 Å². The van der Waals surface area contributed by atoms with E-state index < -0.39 is 0 Å². The summed E-state index contributed by atoms with van der Waals surface area (Å²) in [5.41, 5.74) is 1.28. The van der Waals surface area contributed by atoms with Crippen LogP contribution in [0.15, 0.2) is 18.2 Å². The molecule has 2 rings (SSSR count). The van der Waals surface area contributed by atoms with Crippen LogP contribution in [0.5, 0.6) is 11.5 Å². The lowest BCUT2D eigenvalue weighted by Crippen LogP contribution is -2.24. The number of hydrogen-bond acceptors (Lipinski definition) is 4. The highest BCUT2D eigenvalue weighted by Gasteiger charge is 2.18. The van der Waals surface area contributed by atoms with E-state index in [4.69, 9.17) is 9.47 Å². The van der Waals surface area contributed by atoms with E-state index in [9.17, 15) is 0 Å². The molecule has 0 saturated carbocycles. The van der Waals surface area contributed by atoms with Gasteiger partial charge in [-0.1, -0.05) is 26.8 Å². The number of hydrogen-bond donors (Lipinski definition) is 1.